The van der Waals surface area contributed by atoms with Crippen LogP contribution in [0.25, 0.3) is 11.5 Å². The first kappa shape index (κ1) is 21.2. The summed E-state index contributed by atoms with van der Waals surface area (Å²) in [5, 5.41) is 7.91. The first-order chi connectivity index (χ1) is 14.4. The van der Waals surface area contributed by atoms with Gasteiger partial charge in [0.05, 0.1) is 12.2 Å². The van der Waals surface area contributed by atoms with Crippen LogP contribution in [0.4, 0.5) is 8.78 Å². The Balaban J connectivity index is 1.72. The van der Waals surface area contributed by atoms with Crippen molar-refractivity contribution in [1.29, 1.82) is 0 Å². The van der Waals surface area contributed by atoms with Crippen molar-refractivity contribution in [2.75, 3.05) is 6.61 Å². The molecule has 3 rings (SSSR count). The Kier molecular flexibility index (Phi) is 6.61. The Morgan fingerprint density at radius 2 is 1.83 bits per heavy atom. The van der Waals surface area contributed by atoms with Crippen LogP contribution < -0.4 is 9.47 Å². The van der Waals surface area contributed by atoms with Gasteiger partial charge in [0.2, 0.25) is 5.89 Å². The average Bonchev–Trinajstić information content (AvgIpc) is 3.20. The van der Waals surface area contributed by atoms with Gasteiger partial charge in [-0.25, -0.2) is 4.79 Å². The van der Waals surface area contributed by atoms with Crippen LogP contribution >= 0.6 is 0 Å². The van der Waals surface area contributed by atoms with E-state index in [0.29, 0.717) is 5.89 Å². The van der Waals surface area contributed by atoms with Gasteiger partial charge in [0, 0.05) is 5.56 Å². The topological polar surface area (TPSA) is 83.7 Å². The second kappa shape index (κ2) is 9.34. The van der Waals surface area contributed by atoms with Crippen molar-refractivity contribution in [2.45, 2.75) is 33.5 Å². The minimum atomic E-state index is -3.01. The predicted octanol–water partition coefficient (Wildman–Crippen LogP) is 4.96. The molecule has 7 nitrogen and oxygen atoms in total. The van der Waals surface area contributed by atoms with E-state index in [4.69, 9.17) is 13.9 Å². The third kappa shape index (κ3) is 5.11. The Bertz CT molecular complexity index is 1000. The quantitative estimate of drug-likeness (QED) is 0.478. The number of benzene rings is 2. The summed E-state index contributed by atoms with van der Waals surface area (Å²) in [7, 11) is 0. The summed E-state index contributed by atoms with van der Waals surface area (Å²) in [5.41, 5.74) is 1.94. The highest BCUT2D eigenvalue weighted by Gasteiger charge is 2.21. The van der Waals surface area contributed by atoms with Crippen LogP contribution in [0.3, 0.4) is 0 Å². The Morgan fingerprint density at radius 3 is 2.50 bits per heavy atom. The zero-order valence-corrected chi connectivity index (χ0v) is 16.6. The number of ether oxygens (including phenoxy) is 3. The third-order valence-corrected chi connectivity index (χ3v) is 4.07. The Hall–Kier alpha value is -3.49. The number of aromatic nitrogens is 2. The lowest BCUT2D eigenvalue weighted by Crippen LogP contribution is -2.11. The monoisotopic (exact) mass is 418 g/mol. The number of nitrogens with zero attached hydrogens (tertiary/aromatic N) is 2. The molecule has 1 unspecified atom stereocenters. The predicted molar refractivity (Wildman–Crippen MR) is 103 cm³/mol. The minimum absolute atomic E-state index is 0.0133. The lowest BCUT2D eigenvalue weighted by atomic mass is 10.1. The highest BCUT2D eigenvalue weighted by Crippen LogP contribution is 2.31. The molecule has 2 aromatic carbocycles. The molecule has 1 atom stereocenters. The van der Waals surface area contributed by atoms with Gasteiger partial charge in [0.15, 0.2) is 17.6 Å². The van der Waals surface area contributed by atoms with Gasteiger partial charge in [-0.3, -0.25) is 0 Å². The van der Waals surface area contributed by atoms with Crippen molar-refractivity contribution in [1.82, 2.24) is 10.2 Å². The summed E-state index contributed by atoms with van der Waals surface area (Å²) < 4.78 is 45.7. The average molecular weight is 418 g/mol. The van der Waals surface area contributed by atoms with E-state index < -0.39 is 18.7 Å². The van der Waals surface area contributed by atoms with Crippen molar-refractivity contribution in [3.05, 3.63) is 59.5 Å². The van der Waals surface area contributed by atoms with E-state index in [1.165, 1.54) is 18.2 Å². The molecule has 0 spiro atoms. The SMILES string of the molecule is CCOc1cc(C(=O)OC(C)c2nnc(-c3ccc(C)cc3)o2)ccc1OC(F)F. The van der Waals surface area contributed by atoms with Crippen molar-refractivity contribution in [3.63, 3.8) is 0 Å². The zero-order chi connectivity index (χ0) is 21.7. The van der Waals surface area contributed by atoms with Crippen LogP contribution in [0.5, 0.6) is 11.5 Å². The van der Waals surface area contributed by atoms with Crippen LogP contribution in [0, 0.1) is 6.92 Å². The lowest BCUT2D eigenvalue weighted by molar-refractivity contribution is -0.0514. The molecule has 0 fully saturated rings. The number of esters is 1. The number of halogens is 2. The molecular weight excluding hydrogens is 398 g/mol. The molecule has 0 N–H and O–H groups in total. The van der Waals surface area contributed by atoms with Crippen molar-refractivity contribution in [2.24, 2.45) is 0 Å². The number of rotatable bonds is 8. The van der Waals surface area contributed by atoms with Gasteiger partial charge in [-0.1, -0.05) is 17.7 Å². The van der Waals surface area contributed by atoms with E-state index in [9.17, 15) is 13.6 Å². The van der Waals surface area contributed by atoms with Crippen molar-refractivity contribution >= 4 is 5.97 Å². The number of hydrogen-bond acceptors (Lipinski definition) is 7. The lowest BCUT2D eigenvalue weighted by Gasteiger charge is -2.13. The van der Waals surface area contributed by atoms with Crippen LogP contribution in [0.1, 0.15) is 41.8 Å². The van der Waals surface area contributed by atoms with E-state index in [1.807, 2.05) is 31.2 Å². The van der Waals surface area contributed by atoms with Gasteiger partial charge < -0.3 is 18.6 Å². The first-order valence-corrected chi connectivity index (χ1v) is 9.20. The molecule has 0 radical (unpaired) electrons. The van der Waals surface area contributed by atoms with Gasteiger partial charge in [-0.05, 0) is 51.1 Å². The fraction of sp³-hybridized carbons (Fsp3) is 0.286. The van der Waals surface area contributed by atoms with Gasteiger partial charge in [0.1, 0.15) is 0 Å². The first-order valence-electron chi connectivity index (χ1n) is 9.20. The molecular formula is C21H20F2N2O5. The van der Waals surface area contributed by atoms with E-state index in [1.54, 1.807) is 13.8 Å². The molecule has 158 valence electrons. The second-order valence-electron chi connectivity index (χ2n) is 6.33. The minimum Gasteiger partial charge on any atom is -0.490 e. The molecule has 3 aromatic rings. The van der Waals surface area contributed by atoms with Gasteiger partial charge in [-0.2, -0.15) is 8.78 Å². The second-order valence-corrected chi connectivity index (χ2v) is 6.33. The maximum absolute atomic E-state index is 12.5. The summed E-state index contributed by atoms with van der Waals surface area (Å²) in [6.45, 7) is 2.43. The fourth-order valence-corrected chi connectivity index (χ4v) is 2.59. The molecule has 0 aliphatic rings. The molecule has 9 heteroatoms. The van der Waals surface area contributed by atoms with Gasteiger partial charge >= 0.3 is 12.6 Å². The molecule has 30 heavy (non-hydrogen) atoms. The highest BCUT2D eigenvalue weighted by atomic mass is 19.3. The van der Waals surface area contributed by atoms with E-state index in [2.05, 4.69) is 14.9 Å². The zero-order valence-electron chi connectivity index (χ0n) is 16.6. The normalized spacial score (nSPS) is 11.9. The molecule has 0 aliphatic carbocycles. The Labute approximate surface area is 171 Å². The number of hydrogen-bond donors (Lipinski definition) is 0. The van der Waals surface area contributed by atoms with E-state index in [0.717, 1.165) is 11.1 Å². The Morgan fingerprint density at radius 1 is 1.10 bits per heavy atom. The molecule has 0 amide bonds. The summed E-state index contributed by atoms with van der Waals surface area (Å²) in [4.78, 5) is 12.5. The van der Waals surface area contributed by atoms with Crippen LogP contribution in [0.15, 0.2) is 46.9 Å². The van der Waals surface area contributed by atoms with Crippen molar-refractivity contribution < 1.29 is 32.2 Å². The van der Waals surface area contributed by atoms with E-state index >= 15 is 0 Å². The number of carbonyl (C=O) groups is 1. The van der Waals surface area contributed by atoms with Gasteiger partial charge in [-0.15, -0.1) is 10.2 Å². The summed E-state index contributed by atoms with van der Waals surface area (Å²) >= 11 is 0. The van der Waals surface area contributed by atoms with E-state index in [-0.39, 0.29) is 29.6 Å². The number of aryl methyl sites for hydroxylation is 1. The van der Waals surface area contributed by atoms with Crippen LogP contribution in [0.2, 0.25) is 0 Å². The molecule has 0 saturated carbocycles. The van der Waals surface area contributed by atoms with Crippen LogP contribution in [-0.4, -0.2) is 29.4 Å². The van der Waals surface area contributed by atoms with Crippen LogP contribution in [-0.2, 0) is 4.74 Å². The molecule has 0 saturated heterocycles. The summed E-state index contributed by atoms with van der Waals surface area (Å²) in [6, 6.07) is 11.3. The third-order valence-electron chi connectivity index (χ3n) is 4.07. The summed E-state index contributed by atoms with van der Waals surface area (Å²) in [5.74, 6) is -0.431. The maximum Gasteiger partial charge on any atom is 0.387 e. The number of carbonyl (C=O) groups excluding carboxylic acids is 1. The molecule has 1 aromatic heterocycles. The smallest absolute Gasteiger partial charge is 0.387 e. The van der Waals surface area contributed by atoms with Gasteiger partial charge in [0.25, 0.3) is 5.89 Å². The largest absolute Gasteiger partial charge is 0.490 e. The number of alkyl halides is 2. The van der Waals surface area contributed by atoms with Crippen molar-refractivity contribution in [3.8, 4) is 23.0 Å². The highest BCUT2D eigenvalue weighted by molar-refractivity contribution is 5.90. The summed E-state index contributed by atoms with van der Waals surface area (Å²) in [6.07, 6.45) is -0.822. The fourth-order valence-electron chi connectivity index (χ4n) is 2.59. The molecule has 0 bridgehead atoms. The molecule has 1 heterocycles. The maximum atomic E-state index is 12.5. The standard InChI is InChI=1S/C21H20F2N2O5/c1-4-27-17-11-15(9-10-16(17)29-21(22)23)20(26)28-13(3)18-24-25-19(30-18)14-7-5-12(2)6-8-14/h5-11,13,21H,4H2,1-3H3. The molecule has 0 aliphatic heterocycles.